The molecular formula is C8H11NO. The lowest BCUT2D eigenvalue weighted by Gasteiger charge is -1.95. The monoisotopic (exact) mass is 137 g/mol. The number of hydrogen-bond donors (Lipinski definition) is 0. The summed E-state index contributed by atoms with van der Waals surface area (Å²) < 4.78 is 0. The van der Waals surface area contributed by atoms with E-state index < -0.39 is 0 Å². The Balaban J connectivity index is 2.73. The zero-order chi connectivity index (χ0) is 7.94. The van der Waals surface area contributed by atoms with Gasteiger partial charge in [0.1, 0.15) is 5.78 Å². The molecule has 0 aromatic rings. The Hall–Kier alpha value is -0.840. The van der Waals surface area contributed by atoms with Crippen LogP contribution >= 0.6 is 0 Å². The van der Waals surface area contributed by atoms with Crippen LogP contribution in [-0.2, 0) is 4.79 Å². The maximum Gasteiger partial charge on any atom is 0.134 e. The molecule has 1 rings (SSSR count). The summed E-state index contributed by atoms with van der Waals surface area (Å²) in [7, 11) is 0. The Morgan fingerprint density at radius 2 is 2.10 bits per heavy atom. The maximum absolute atomic E-state index is 10.8. The smallest absolute Gasteiger partial charge is 0.134 e. The molecule has 0 unspecified atom stereocenters. The van der Waals surface area contributed by atoms with Gasteiger partial charge in [-0.1, -0.05) is 13.8 Å². The number of carbonyl (C=O) groups excluding carboxylic acids is 1. The number of nitrogens with zero attached hydrogens (tertiary/aromatic N) is 1. The largest absolute Gasteiger partial charge is 0.300 e. The van der Waals surface area contributed by atoms with Crippen LogP contribution in [0.5, 0.6) is 0 Å². The van der Waals surface area contributed by atoms with Crippen LogP contribution in [0.3, 0.4) is 0 Å². The van der Waals surface area contributed by atoms with Gasteiger partial charge in [0.05, 0.1) is 12.0 Å². The first-order valence-corrected chi connectivity index (χ1v) is 3.42. The predicted octanol–water partition coefficient (Wildman–Crippen LogP) is 1.37. The summed E-state index contributed by atoms with van der Waals surface area (Å²) >= 11 is 0. The Morgan fingerprint density at radius 1 is 1.60 bits per heavy atom. The third-order valence-corrected chi connectivity index (χ3v) is 2.40. The van der Waals surface area contributed by atoms with E-state index >= 15 is 0 Å². The van der Waals surface area contributed by atoms with E-state index in [1.807, 2.05) is 13.8 Å². The van der Waals surface area contributed by atoms with E-state index in [1.165, 1.54) is 0 Å². The third kappa shape index (κ3) is 0.740. The van der Waals surface area contributed by atoms with Crippen molar-refractivity contribution < 1.29 is 4.79 Å². The summed E-state index contributed by atoms with van der Waals surface area (Å²) in [5.74, 6) is 0.110. The summed E-state index contributed by atoms with van der Waals surface area (Å²) in [5.41, 5.74) is -0.0550. The quantitative estimate of drug-likeness (QED) is 0.547. The van der Waals surface area contributed by atoms with E-state index in [0.717, 1.165) is 0 Å². The SMILES string of the molecule is CC(=O)[C@@H]1[C@@H](C#N)C1(C)C. The first-order valence-electron chi connectivity index (χ1n) is 3.42. The van der Waals surface area contributed by atoms with Crippen molar-refractivity contribution in [3.05, 3.63) is 0 Å². The van der Waals surface area contributed by atoms with Crippen LogP contribution in [0.1, 0.15) is 20.8 Å². The van der Waals surface area contributed by atoms with Crippen LogP contribution in [-0.4, -0.2) is 5.78 Å². The van der Waals surface area contributed by atoms with Crippen molar-refractivity contribution in [3.8, 4) is 6.07 Å². The molecule has 2 heteroatoms. The second-order valence-electron chi connectivity index (χ2n) is 3.52. The van der Waals surface area contributed by atoms with Crippen molar-refractivity contribution in [2.24, 2.45) is 17.3 Å². The van der Waals surface area contributed by atoms with Gasteiger partial charge in [0.25, 0.3) is 0 Å². The van der Waals surface area contributed by atoms with Gasteiger partial charge in [0.2, 0.25) is 0 Å². The number of hydrogen-bond acceptors (Lipinski definition) is 2. The Kier molecular flexibility index (Phi) is 1.32. The summed E-state index contributed by atoms with van der Waals surface area (Å²) in [4.78, 5) is 10.8. The topological polar surface area (TPSA) is 40.9 Å². The van der Waals surface area contributed by atoms with Gasteiger partial charge in [-0.05, 0) is 12.3 Å². The first-order chi connectivity index (χ1) is 4.51. The minimum Gasteiger partial charge on any atom is -0.300 e. The lowest BCUT2D eigenvalue weighted by molar-refractivity contribution is -0.118. The van der Waals surface area contributed by atoms with Crippen molar-refractivity contribution in [2.45, 2.75) is 20.8 Å². The molecule has 0 saturated heterocycles. The molecule has 0 heterocycles. The highest BCUT2D eigenvalue weighted by molar-refractivity contribution is 5.83. The van der Waals surface area contributed by atoms with E-state index in [1.54, 1.807) is 6.92 Å². The summed E-state index contributed by atoms with van der Waals surface area (Å²) in [6, 6.07) is 2.14. The number of rotatable bonds is 1. The van der Waals surface area contributed by atoms with Crippen LogP contribution in [0.25, 0.3) is 0 Å². The molecule has 0 aliphatic heterocycles. The highest BCUT2D eigenvalue weighted by Gasteiger charge is 2.60. The average molecular weight is 137 g/mol. The van der Waals surface area contributed by atoms with Crippen LogP contribution in [0.15, 0.2) is 0 Å². The van der Waals surface area contributed by atoms with Crippen LogP contribution in [0.2, 0.25) is 0 Å². The molecule has 54 valence electrons. The fourth-order valence-electron chi connectivity index (χ4n) is 1.64. The minimum atomic E-state index is -0.0550. The van der Waals surface area contributed by atoms with Crippen molar-refractivity contribution in [1.82, 2.24) is 0 Å². The van der Waals surface area contributed by atoms with Gasteiger partial charge >= 0.3 is 0 Å². The standard InChI is InChI=1S/C8H11NO/c1-5(10)7-6(4-9)8(7,2)3/h6-7H,1-3H3/t6-,7-/m1/s1. The third-order valence-electron chi connectivity index (χ3n) is 2.40. The minimum absolute atomic E-state index is 0.00231. The molecule has 0 N–H and O–H groups in total. The van der Waals surface area contributed by atoms with E-state index in [4.69, 9.17) is 5.26 Å². The summed E-state index contributed by atoms with van der Waals surface area (Å²) in [6.07, 6.45) is 0. The first kappa shape index (κ1) is 7.27. The second kappa shape index (κ2) is 1.82. The maximum atomic E-state index is 10.8. The van der Waals surface area contributed by atoms with Crippen LogP contribution in [0.4, 0.5) is 0 Å². The molecule has 1 fully saturated rings. The average Bonchev–Trinajstić information content (AvgIpc) is 2.33. The van der Waals surface area contributed by atoms with Crippen LogP contribution in [0, 0.1) is 28.6 Å². The lowest BCUT2D eigenvalue weighted by Crippen LogP contribution is -1.99. The molecule has 0 amide bonds. The van der Waals surface area contributed by atoms with Crippen molar-refractivity contribution in [3.63, 3.8) is 0 Å². The highest BCUT2D eigenvalue weighted by atomic mass is 16.1. The Bertz CT molecular complexity index is 212. The van der Waals surface area contributed by atoms with E-state index in [2.05, 4.69) is 6.07 Å². The van der Waals surface area contributed by atoms with Crippen molar-refractivity contribution >= 4 is 5.78 Å². The molecule has 0 aromatic carbocycles. The molecule has 2 atom stereocenters. The summed E-state index contributed by atoms with van der Waals surface area (Å²) in [5, 5.41) is 8.56. The van der Waals surface area contributed by atoms with E-state index in [9.17, 15) is 4.79 Å². The van der Waals surface area contributed by atoms with Gasteiger partial charge in [0.15, 0.2) is 0 Å². The number of nitriles is 1. The molecule has 1 saturated carbocycles. The van der Waals surface area contributed by atoms with Gasteiger partial charge in [-0.25, -0.2) is 0 Å². The molecule has 2 nitrogen and oxygen atoms in total. The second-order valence-corrected chi connectivity index (χ2v) is 3.52. The normalized spacial score (nSPS) is 34.6. The fraction of sp³-hybridized carbons (Fsp3) is 0.750. The molecule has 0 spiro atoms. The molecule has 1 aliphatic carbocycles. The van der Waals surface area contributed by atoms with Gasteiger partial charge in [0, 0.05) is 5.92 Å². The molecule has 0 aromatic heterocycles. The van der Waals surface area contributed by atoms with Gasteiger partial charge in [-0.15, -0.1) is 0 Å². The molecular weight excluding hydrogens is 126 g/mol. The van der Waals surface area contributed by atoms with E-state index in [-0.39, 0.29) is 23.0 Å². The molecule has 0 bridgehead atoms. The number of carbonyl (C=O) groups is 1. The molecule has 1 aliphatic rings. The number of ketones is 1. The fourth-order valence-corrected chi connectivity index (χ4v) is 1.64. The predicted molar refractivity (Wildman–Crippen MR) is 37.1 cm³/mol. The van der Waals surface area contributed by atoms with Gasteiger partial charge in [-0.3, -0.25) is 4.79 Å². The Labute approximate surface area is 60.8 Å². The number of Topliss-reactive ketones (excluding diaryl/α,β-unsaturated/α-hetero) is 1. The van der Waals surface area contributed by atoms with Crippen molar-refractivity contribution in [1.29, 1.82) is 5.26 Å². The Morgan fingerprint density at radius 3 is 2.20 bits per heavy atom. The zero-order valence-corrected chi connectivity index (χ0v) is 6.51. The highest BCUT2D eigenvalue weighted by Crippen LogP contribution is 2.57. The van der Waals surface area contributed by atoms with Gasteiger partial charge in [-0.2, -0.15) is 5.26 Å². The lowest BCUT2D eigenvalue weighted by atomic mass is 10.1. The van der Waals surface area contributed by atoms with E-state index in [0.29, 0.717) is 0 Å². The molecule has 10 heavy (non-hydrogen) atoms. The van der Waals surface area contributed by atoms with Crippen molar-refractivity contribution in [2.75, 3.05) is 0 Å². The van der Waals surface area contributed by atoms with Crippen LogP contribution < -0.4 is 0 Å². The molecule has 0 radical (unpaired) electrons. The summed E-state index contributed by atoms with van der Waals surface area (Å²) in [6.45, 7) is 5.49. The zero-order valence-electron chi connectivity index (χ0n) is 6.51. The van der Waals surface area contributed by atoms with Gasteiger partial charge < -0.3 is 0 Å².